The molecule has 0 spiro atoms. The van der Waals surface area contributed by atoms with Crippen LogP contribution in [0.2, 0.25) is 0 Å². The summed E-state index contributed by atoms with van der Waals surface area (Å²) in [5, 5.41) is 19.6. The molecule has 8 heteroatoms. The Morgan fingerprint density at radius 1 is 1.45 bits per heavy atom. The molecule has 2 rings (SSSR count). The van der Waals surface area contributed by atoms with Crippen LogP contribution in [0.25, 0.3) is 10.4 Å². The number of nitrogens with zero attached hydrogens (tertiary/aromatic N) is 2. The normalized spacial score (nSPS) is 10.3. The van der Waals surface area contributed by atoms with Crippen LogP contribution in [-0.4, -0.2) is 4.92 Å². The van der Waals surface area contributed by atoms with E-state index in [1.165, 1.54) is 6.92 Å². The highest BCUT2D eigenvalue weighted by Crippen LogP contribution is 2.40. The summed E-state index contributed by atoms with van der Waals surface area (Å²) in [5.74, 6) is -2.08. The first kappa shape index (κ1) is 13.9. The van der Waals surface area contributed by atoms with Crippen molar-refractivity contribution < 1.29 is 13.7 Å². The summed E-state index contributed by atoms with van der Waals surface area (Å²) >= 11 is 0.867. The van der Waals surface area contributed by atoms with E-state index in [1.807, 2.05) is 6.07 Å². The first-order chi connectivity index (χ1) is 9.36. The van der Waals surface area contributed by atoms with Gasteiger partial charge in [0, 0.05) is 10.4 Å². The molecule has 0 amide bonds. The Bertz CT molecular complexity index is 765. The van der Waals surface area contributed by atoms with E-state index in [-0.39, 0.29) is 21.0 Å². The third kappa shape index (κ3) is 2.08. The maximum atomic E-state index is 14.1. The molecule has 1 heterocycles. The van der Waals surface area contributed by atoms with E-state index in [2.05, 4.69) is 0 Å². The van der Waals surface area contributed by atoms with Crippen LogP contribution in [0.15, 0.2) is 12.1 Å². The van der Waals surface area contributed by atoms with Crippen molar-refractivity contribution in [3.05, 3.63) is 44.3 Å². The Balaban J connectivity index is 2.77. The Kier molecular flexibility index (Phi) is 3.38. The number of anilines is 1. The van der Waals surface area contributed by atoms with Crippen molar-refractivity contribution in [3.63, 3.8) is 0 Å². The van der Waals surface area contributed by atoms with Gasteiger partial charge in [0.15, 0.2) is 0 Å². The number of nitrogens with two attached hydrogens (primary N) is 1. The average molecular weight is 295 g/mol. The Morgan fingerprint density at radius 2 is 2.10 bits per heavy atom. The molecule has 0 atom stereocenters. The lowest BCUT2D eigenvalue weighted by Gasteiger charge is -2.03. The lowest BCUT2D eigenvalue weighted by atomic mass is 10.1. The van der Waals surface area contributed by atoms with Crippen molar-refractivity contribution in [3.8, 4) is 16.5 Å². The smallest absolute Gasteiger partial charge is 0.308 e. The number of rotatable bonds is 2. The van der Waals surface area contributed by atoms with Crippen LogP contribution >= 0.6 is 11.3 Å². The minimum absolute atomic E-state index is 0.156. The van der Waals surface area contributed by atoms with Gasteiger partial charge in [-0.1, -0.05) is 0 Å². The Hall–Kier alpha value is -2.53. The van der Waals surface area contributed by atoms with E-state index in [4.69, 9.17) is 11.0 Å². The first-order valence-electron chi connectivity index (χ1n) is 5.29. The van der Waals surface area contributed by atoms with Gasteiger partial charge in [-0.3, -0.25) is 10.1 Å². The van der Waals surface area contributed by atoms with Gasteiger partial charge in [-0.15, -0.1) is 11.3 Å². The first-order valence-corrected chi connectivity index (χ1v) is 6.11. The van der Waals surface area contributed by atoms with Gasteiger partial charge in [-0.2, -0.15) is 9.65 Å². The van der Waals surface area contributed by atoms with Gasteiger partial charge in [0.2, 0.25) is 5.82 Å². The molecule has 2 N–H and O–H groups in total. The number of nitro groups is 1. The number of thiophene rings is 1. The molecular formula is C12H7F2N3O2S. The largest absolute Gasteiger partial charge is 0.397 e. The van der Waals surface area contributed by atoms with Gasteiger partial charge >= 0.3 is 5.69 Å². The van der Waals surface area contributed by atoms with Crippen LogP contribution < -0.4 is 5.73 Å². The zero-order chi connectivity index (χ0) is 15.0. The maximum absolute atomic E-state index is 14.1. The molecular weight excluding hydrogens is 288 g/mol. The number of hydrogen-bond donors (Lipinski definition) is 1. The van der Waals surface area contributed by atoms with Crippen molar-refractivity contribution in [2.45, 2.75) is 6.92 Å². The SMILES string of the molecule is Cc1c(-c2cc(F)cc([N+](=O)[O-])c2F)sc(C#N)c1N. The Morgan fingerprint density at radius 3 is 2.60 bits per heavy atom. The van der Waals surface area contributed by atoms with Crippen molar-refractivity contribution in [1.82, 2.24) is 0 Å². The highest BCUT2D eigenvalue weighted by Gasteiger charge is 2.24. The second kappa shape index (κ2) is 4.86. The van der Waals surface area contributed by atoms with Crippen LogP contribution in [0.1, 0.15) is 10.4 Å². The topological polar surface area (TPSA) is 93.0 Å². The van der Waals surface area contributed by atoms with E-state index in [0.717, 1.165) is 17.4 Å². The fraction of sp³-hybridized carbons (Fsp3) is 0.0833. The summed E-state index contributed by atoms with van der Waals surface area (Å²) < 4.78 is 27.5. The molecule has 5 nitrogen and oxygen atoms in total. The number of nitriles is 1. The zero-order valence-corrected chi connectivity index (χ0v) is 10.9. The third-order valence-electron chi connectivity index (χ3n) is 2.75. The fourth-order valence-corrected chi connectivity index (χ4v) is 2.77. The molecule has 0 bridgehead atoms. The second-order valence-corrected chi connectivity index (χ2v) is 4.97. The summed E-state index contributed by atoms with van der Waals surface area (Å²) in [6.07, 6.45) is 0. The van der Waals surface area contributed by atoms with Crippen molar-refractivity contribution in [2.75, 3.05) is 5.73 Å². The van der Waals surface area contributed by atoms with Crippen molar-refractivity contribution in [2.24, 2.45) is 0 Å². The highest BCUT2D eigenvalue weighted by molar-refractivity contribution is 7.16. The lowest BCUT2D eigenvalue weighted by molar-refractivity contribution is -0.387. The van der Waals surface area contributed by atoms with E-state index in [1.54, 1.807) is 0 Å². The van der Waals surface area contributed by atoms with Gasteiger partial charge in [0.1, 0.15) is 16.8 Å². The minimum atomic E-state index is -1.15. The Labute approximate surface area is 116 Å². The predicted molar refractivity (Wildman–Crippen MR) is 70.2 cm³/mol. The van der Waals surface area contributed by atoms with Gasteiger partial charge in [0.25, 0.3) is 0 Å². The monoisotopic (exact) mass is 295 g/mol. The van der Waals surface area contributed by atoms with Crippen LogP contribution in [0, 0.1) is 40.0 Å². The standard InChI is InChI=1S/C12H7F2N3O2S/c1-5-11(16)9(4-15)20-12(5)7-2-6(13)3-8(10(7)14)17(18)19/h2-3H,16H2,1H3. The quantitative estimate of drug-likeness (QED) is 0.679. The van der Waals surface area contributed by atoms with E-state index < -0.39 is 22.2 Å². The summed E-state index contributed by atoms with van der Waals surface area (Å²) in [7, 11) is 0. The molecule has 1 aromatic heterocycles. The number of nitrogen functional groups attached to an aromatic ring is 1. The summed E-state index contributed by atoms with van der Waals surface area (Å²) in [6, 6.07) is 3.20. The van der Waals surface area contributed by atoms with E-state index in [9.17, 15) is 18.9 Å². The molecule has 1 aromatic carbocycles. The van der Waals surface area contributed by atoms with E-state index in [0.29, 0.717) is 11.6 Å². The molecule has 2 aromatic rings. The van der Waals surface area contributed by atoms with Crippen LogP contribution in [0.3, 0.4) is 0 Å². The summed E-state index contributed by atoms with van der Waals surface area (Å²) in [5.41, 5.74) is 5.01. The zero-order valence-electron chi connectivity index (χ0n) is 10.1. The number of hydrogen-bond acceptors (Lipinski definition) is 5. The van der Waals surface area contributed by atoms with Crippen molar-refractivity contribution >= 4 is 22.7 Å². The molecule has 0 aliphatic rings. The van der Waals surface area contributed by atoms with E-state index >= 15 is 0 Å². The number of benzene rings is 1. The molecule has 0 radical (unpaired) electrons. The van der Waals surface area contributed by atoms with Crippen LogP contribution in [-0.2, 0) is 0 Å². The molecule has 0 saturated heterocycles. The number of halogens is 2. The van der Waals surface area contributed by atoms with Gasteiger partial charge in [0.05, 0.1) is 16.7 Å². The molecule has 20 heavy (non-hydrogen) atoms. The fourth-order valence-electron chi connectivity index (χ4n) is 1.74. The summed E-state index contributed by atoms with van der Waals surface area (Å²) in [6.45, 7) is 1.54. The van der Waals surface area contributed by atoms with Crippen LogP contribution in [0.4, 0.5) is 20.2 Å². The highest BCUT2D eigenvalue weighted by atomic mass is 32.1. The lowest BCUT2D eigenvalue weighted by Crippen LogP contribution is -1.97. The van der Waals surface area contributed by atoms with Gasteiger partial charge in [-0.25, -0.2) is 4.39 Å². The molecule has 0 aliphatic heterocycles. The molecule has 0 fully saturated rings. The molecule has 0 unspecified atom stereocenters. The number of nitro benzene ring substituents is 1. The van der Waals surface area contributed by atoms with Gasteiger partial charge < -0.3 is 5.73 Å². The molecule has 0 aliphatic carbocycles. The molecule has 0 saturated carbocycles. The third-order valence-corrected chi connectivity index (χ3v) is 4.00. The summed E-state index contributed by atoms with van der Waals surface area (Å²) in [4.78, 5) is 10.1. The van der Waals surface area contributed by atoms with Crippen molar-refractivity contribution in [1.29, 1.82) is 5.26 Å². The average Bonchev–Trinajstić information content (AvgIpc) is 2.68. The maximum Gasteiger partial charge on any atom is 0.308 e. The molecule has 102 valence electrons. The van der Waals surface area contributed by atoms with Gasteiger partial charge in [-0.05, 0) is 18.6 Å². The minimum Gasteiger partial charge on any atom is -0.397 e. The second-order valence-electron chi connectivity index (χ2n) is 3.95. The predicted octanol–water partition coefficient (Wildman–Crippen LogP) is 3.36. The van der Waals surface area contributed by atoms with Crippen LogP contribution in [0.5, 0.6) is 0 Å².